The lowest BCUT2D eigenvalue weighted by Crippen LogP contribution is -2.36. The SMILES string of the molecule is O=C(O)C1C2C=CC(C2)C1C(=O)Nc1cccc(OC(F)(F)F)c1. The van der Waals surface area contributed by atoms with Crippen LogP contribution in [0.25, 0.3) is 0 Å². The second kappa shape index (κ2) is 5.85. The minimum Gasteiger partial charge on any atom is -0.481 e. The van der Waals surface area contributed by atoms with Crippen LogP contribution in [0.1, 0.15) is 6.42 Å². The molecule has 0 heterocycles. The van der Waals surface area contributed by atoms with Crippen LogP contribution in [0.3, 0.4) is 0 Å². The van der Waals surface area contributed by atoms with Gasteiger partial charge in [-0.15, -0.1) is 13.2 Å². The summed E-state index contributed by atoms with van der Waals surface area (Å²) in [6.07, 6.45) is -0.582. The van der Waals surface area contributed by atoms with Gasteiger partial charge in [0, 0.05) is 11.8 Å². The Morgan fingerprint density at radius 2 is 1.83 bits per heavy atom. The number of carboxylic acids is 1. The van der Waals surface area contributed by atoms with E-state index in [0.717, 1.165) is 12.1 Å². The highest BCUT2D eigenvalue weighted by atomic mass is 19.4. The summed E-state index contributed by atoms with van der Waals surface area (Å²) >= 11 is 0. The van der Waals surface area contributed by atoms with Crippen LogP contribution in [-0.2, 0) is 9.59 Å². The number of halogens is 3. The van der Waals surface area contributed by atoms with Crippen LogP contribution in [0.15, 0.2) is 36.4 Å². The van der Waals surface area contributed by atoms with E-state index in [1.54, 1.807) is 0 Å². The lowest BCUT2D eigenvalue weighted by Gasteiger charge is -2.24. The Hall–Kier alpha value is -2.51. The number of hydrogen-bond donors (Lipinski definition) is 2. The van der Waals surface area contributed by atoms with Crippen LogP contribution in [-0.4, -0.2) is 23.3 Å². The number of hydrogen-bond acceptors (Lipinski definition) is 3. The first-order chi connectivity index (χ1) is 11.2. The first-order valence-electron chi connectivity index (χ1n) is 7.32. The molecule has 0 spiro atoms. The number of allylic oxidation sites excluding steroid dienone is 2. The van der Waals surface area contributed by atoms with Crippen LogP contribution in [0, 0.1) is 23.7 Å². The molecule has 2 N–H and O–H groups in total. The van der Waals surface area contributed by atoms with Gasteiger partial charge in [-0.3, -0.25) is 9.59 Å². The maximum Gasteiger partial charge on any atom is 0.573 e. The molecule has 0 aliphatic heterocycles. The van der Waals surface area contributed by atoms with E-state index in [2.05, 4.69) is 10.1 Å². The molecule has 1 amide bonds. The molecule has 1 saturated carbocycles. The molecule has 3 rings (SSSR count). The average molecular weight is 341 g/mol. The van der Waals surface area contributed by atoms with Crippen molar-refractivity contribution < 1.29 is 32.6 Å². The van der Waals surface area contributed by atoms with Gasteiger partial charge in [0.05, 0.1) is 11.8 Å². The number of fused-ring (bicyclic) bond motifs is 2. The van der Waals surface area contributed by atoms with Crippen LogP contribution in [0.5, 0.6) is 5.75 Å². The Morgan fingerprint density at radius 3 is 2.46 bits per heavy atom. The number of ether oxygens (including phenoxy) is 1. The predicted octanol–water partition coefficient (Wildman–Crippen LogP) is 3.05. The van der Waals surface area contributed by atoms with Gasteiger partial charge in [-0.25, -0.2) is 0 Å². The highest BCUT2D eigenvalue weighted by molar-refractivity contribution is 5.96. The minimum absolute atomic E-state index is 0.123. The lowest BCUT2D eigenvalue weighted by molar-refractivity contribution is -0.274. The number of rotatable bonds is 4. The fourth-order valence-electron chi connectivity index (χ4n) is 3.51. The van der Waals surface area contributed by atoms with Gasteiger partial charge in [-0.05, 0) is 30.4 Å². The molecule has 4 unspecified atom stereocenters. The van der Waals surface area contributed by atoms with E-state index in [4.69, 9.17) is 0 Å². The van der Waals surface area contributed by atoms with E-state index in [9.17, 15) is 27.9 Å². The predicted molar refractivity (Wildman–Crippen MR) is 77.1 cm³/mol. The molecule has 1 aromatic carbocycles. The summed E-state index contributed by atoms with van der Waals surface area (Å²) in [5.41, 5.74) is 0.123. The summed E-state index contributed by atoms with van der Waals surface area (Å²) in [5, 5.41) is 11.8. The Labute approximate surface area is 135 Å². The number of anilines is 1. The van der Waals surface area contributed by atoms with E-state index >= 15 is 0 Å². The van der Waals surface area contributed by atoms with Crippen LogP contribution < -0.4 is 10.1 Å². The molecule has 8 heteroatoms. The maximum absolute atomic E-state index is 12.4. The first kappa shape index (κ1) is 16.4. The molecule has 2 bridgehead atoms. The van der Waals surface area contributed by atoms with Crippen LogP contribution >= 0.6 is 0 Å². The molecule has 24 heavy (non-hydrogen) atoms. The largest absolute Gasteiger partial charge is 0.573 e. The standard InChI is InChI=1S/C16H14F3NO4/c17-16(18,19)24-11-3-1-2-10(7-11)20-14(21)12-8-4-5-9(6-8)13(12)15(22)23/h1-5,7-9,12-13H,6H2,(H,20,21)(H,22,23). The Morgan fingerprint density at radius 1 is 1.17 bits per heavy atom. The number of carbonyl (C=O) groups is 2. The zero-order valence-corrected chi connectivity index (χ0v) is 12.3. The fraction of sp³-hybridized carbons (Fsp3) is 0.375. The summed E-state index contributed by atoms with van der Waals surface area (Å²) in [6.45, 7) is 0. The van der Waals surface area contributed by atoms with Crippen LogP contribution in [0.2, 0.25) is 0 Å². The van der Waals surface area contributed by atoms with E-state index in [1.807, 2.05) is 12.2 Å². The lowest BCUT2D eigenvalue weighted by atomic mass is 9.82. The van der Waals surface area contributed by atoms with E-state index in [-0.39, 0.29) is 17.5 Å². The van der Waals surface area contributed by atoms with Crippen molar-refractivity contribution in [1.29, 1.82) is 0 Å². The molecule has 0 radical (unpaired) electrons. The molecular formula is C16H14F3NO4. The number of benzene rings is 1. The van der Waals surface area contributed by atoms with Crippen LogP contribution in [0.4, 0.5) is 18.9 Å². The molecule has 2 aliphatic rings. The molecular weight excluding hydrogens is 327 g/mol. The third-order valence-corrected chi connectivity index (χ3v) is 4.38. The molecule has 128 valence electrons. The molecule has 2 aliphatic carbocycles. The van der Waals surface area contributed by atoms with E-state index in [0.29, 0.717) is 6.42 Å². The zero-order chi connectivity index (χ0) is 17.5. The highest BCUT2D eigenvalue weighted by Crippen LogP contribution is 2.48. The highest BCUT2D eigenvalue weighted by Gasteiger charge is 2.51. The molecule has 5 nitrogen and oxygen atoms in total. The molecule has 1 fully saturated rings. The summed E-state index contributed by atoms with van der Waals surface area (Å²) in [4.78, 5) is 23.9. The molecule has 4 atom stereocenters. The van der Waals surface area contributed by atoms with Crippen molar-refractivity contribution in [3.63, 3.8) is 0 Å². The number of amides is 1. The monoisotopic (exact) mass is 341 g/mol. The average Bonchev–Trinajstić information content (AvgIpc) is 3.06. The smallest absolute Gasteiger partial charge is 0.481 e. The Kier molecular flexibility index (Phi) is 3.98. The number of nitrogens with one attached hydrogen (secondary N) is 1. The van der Waals surface area contributed by atoms with Gasteiger partial charge in [0.15, 0.2) is 0 Å². The maximum atomic E-state index is 12.4. The fourth-order valence-corrected chi connectivity index (χ4v) is 3.51. The van der Waals surface area contributed by atoms with Gasteiger partial charge in [0.2, 0.25) is 5.91 Å². The summed E-state index contributed by atoms with van der Waals surface area (Å²) in [5.74, 6) is -3.89. The normalized spacial score (nSPS) is 28.0. The van der Waals surface area contributed by atoms with Crippen molar-refractivity contribution in [3.05, 3.63) is 36.4 Å². The third kappa shape index (κ3) is 3.22. The second-order valence-electron chi connectivity index (χ2n) is 5.90. The number of carboxylic acid groups (broad SMARTS) is 1. The van der Waals surface area contributed by atoms with Gasteiger partial charge in [0.25, 0.3) is 0 Å². The van der Waals surface area contributed by atoms with Gasteiger partial charge in [0.1, 0.15) is 5.75 Å². The quantitative estimate of drug-likeness (QED) is 0.826. The minimum atomic E-state index is -4.83. The van der Waals surface area contributed by atoms with Gasteiger partial charge in [-0.1, -0.05) is 18.2 Å². The Balaban J connectivity index is 1.74. The summed E-state index contributed by atoms with van der Waals surface area (Å²) < 4.78 is 40.5. The molecule has 0 saturated heterocycles. The second-order valence-corrected chi connectivity index (χ2v) is 5.90. The Bertz CT molecular complexity index is 701. The topological polar surface area (TPSA) is 75.6 Å². The van der Waals surface area contributed by atoms with Gasteiger partial charge in [-0.2, -0.15) is 0 Å². The van der Waals surface area contributed by atoms with Gasteiger partial charge < -0.3 is 15.2 Å². The van der Waals surface area contributed by atoms with Crippen molar-refractivity contribution in [2.24, 2.45) is 23.7 Å². The first-order valence-corrected chi connectivity index (χ1v) is 7.32. The van der Waals surface area contributed by atoms with Crippen molar-refractivity contribution in [3.8, 4) is 5.75 Å². The summed E-state index contributed by atoms with van der Waals surface area (Å²) in [7, 11) is 0. The summed E-state index contributed by atoms with van der Waals surface area (Å²) in [6, 6.07) is 4.89. The number of aliphatic carboxylic acids is 1. The van der Waals surface area contributed by atoms with Crippen molar-refractivity contribution >= 4 is 17.6 Å². The molecule has 1 aromatic rings. The van der Waals surface area contributed by atoms with Gasteiger partial charge >= 0.3 is 12.3 Å². The van der Waals surface area contributed by atoms with Crippen molar-refractivity contribution in [2.45, 2.75) is 12.8 Å². The number of carbonyl (C=O) groups excluding carboxylic acids is 1. The zero-order valence-electron chi connectivity index (χ0n) is 12.3. The number of alkyl halides is 3. The van der Waals surface area contributed by atoms with Crippen molar-refractivity contribution in [2.75, 3.05) is 5.32 Å². The molecule has 0 aromatic heterocycles. The van der Waals surface area contributed by atoms with E-state index < -0.39 is 35.8 Å². The van der Waals surface area contributed by atoms with Crippen molar-refractivity contribution in [1.82, 2.24) is 0 Å². The third-order valence-electron chi connectivity index (χ3n) is 4.38. The van der Waals surface area contributed by atoms with E-state index in [1.165, 1.54) is 12.1 Å².